The number of para-hydroxylation sites is 1. The van der Waals surface area contributed by atoms with E-state index in [4.69, 9.17) is 9.68 Å². The predicted octanol–water partition coefficient (Wildman–Crippen LogP) is 4.12. The predicted molar refractivity (Wildman–Crippen MR) is 84.7 cm³/mol. The Morgan fingerprint density at radius 1 is 1.23 bits per heavy atom. The molecule has 0 amide bonds. The Kier molecular flexibility index (Phi) is 3.63. The fourth-order valence-electron chi connectivity index (χ4n) is 2.37. The van der Waals surface area contributed by atoms with Gasteiger partial charge in [-0.25, -0.2) is 0 Å². The number of furan rings is 1. The normalized spacial score (nSPS) is 10.4. The zero-order valence-corrected chi connectivity index (χ0v) is 12.1. The van der Waals surface area contributed by atoms with Gasteiger partial charge in [0.05, 0.1) is 18.2 Å². The summed E-state index contributed by atoms with van der Waals surface area (Å²) in [6.07, 6.45) is 0. The fraction of sp³-hybridized carbons (Fsp3) is 0.111. The molecule has 0 unspecified atom stereocenters. The van der Waals surface area contributed by atoms with Gasteiger partial charge in [-0.1, -0.05) is 18.2 Å². The van der Waals surface area contributed by atoms with Gasteiger partial charge in [-0.15, -0.1) is 0 Å². The maximum absolute atomic E-state index is 11.7. The average molecular weight is 290 g/mol. The fourth-order valence-corrected chi connectivity index (χ4v) is 2.37. The summed E-state index contributed by atoms with van der Waals surface area (Å²) in [4.78, 5) is 11.7. The van der Waals surface area contributed by atoms with Crippen molar-refractivity contribution in [1.82, 2.24) is 0 Å². The van der Waals surface area contributed by atoms with Gasteiger partial charge in [-0.05, 0) is 37.3 Å². The first kappa shape index (κ1) is 13.9. The largest absolute Gasteiger partial charge is 0.459 e. The van der Waals surface area contributed by atoms with Crippen LogP contribution in [-0.4, -0.2) is 5.78 Å². The summed E-state index contributed by atoms with van der Waals surface area (Å²) in [6.45, 7) is 1.96. The molecule has 0 aliphatic rings. The molecular weight excluding hydrogens is 276 g/mol. The molecular formula is C18H14N2O2. The van der Waals surface area contributed by atoms with Crippen LogP contribution in [0.25, 0.3) is 11.0 Å². The van der Waals surface area contributed by atoms with Crippen molar-refractivity contribution in [3.05, 3.63) is 65.4 Å². The van der Waals surface area contributed by atoms with E-state index in [-0.39, 0.29) is 5.78 Å². The van der Waals surface area contributed by atoms with Crippen LogP contribution in [0.4, 0.5) is 5.69 Å². The molecule has 1 N–H and O–H groups in total. The smallest absolute Gasteiger partial charge is 0.161 e. The van der Waals surface area contributed by atoms with Crippen molar-refractivity contribution in [2.24, 2.45) is 0 Å². The van der Waals surface area contributed by atoms with Gasteiger partial charge in [0, 0.05) is 16.6 Å². The van der Waals surface area contributed by atoms with Crippen LogP contribution in [0.3, 0.4) is 0 Å². The molecule has 3 rings (SSSR count). The minimum absolute atomic E-state index is 0.0448. The second kappa shape index (κ2) is 5.74. The number of nitrogens with zero attached hydrogens (tertiary/aromatic N) is 1. The molecule has 3 aromatic rings. The summed E-state index contributed by atoms with van der Waals surface area (Å²) in [5, 5.41) is 13.2. The van der Waals surface area contributed by atoms with Gasteiger partial charge < -0.3 is 9.73 Å². The number of fused-ring (bicyclic) bond motifs is 1. The van der Waals surface area contributed by atoms with Gasteiger partial charge in [0.1, 0.15) is 11.3 Å². The van der Waals surface area contributed by atoms with Crippen molar-refractivity contribution in [3.8, 4) is 6.07 Å². The van der Waals surface area contributed by atoms with Crippen molar-refractivity contribution in [2.45, 2.75) is 13.5 Å². The van der Waals surface area contributed by atoms with Crippen LogP contribution in [-0.2, 0) is 6.54 Å². The number of Topliss-reactive ketones (excluding diaryl/α,β-unsaturated/α-hetero) is 1. The van der Waals surface area contributed by atoms with Crippen molar-refractivity contribution >= 4 is 22.4 Å². The van der Waals surface area contributed by atoms with E-state index in [0.29, 0.717) is 23.4 Å². The summed E-state index contributed by atoms with van der Waals surface area (Å²) < 4.78 is 5.73. The highest BCUT2D eigenvalue weighted by Gasteiger charge is 2.09. The summed E-state index contributed by atoms with van der Waals surface area (Å²) in [5.41, 5.74) is 2.55. The Hall–Kier alpha value is -3.06. The van der Waals surface area contributed by atoms with Gasteiger partial charge in [0.25, 0.3) is 0 Å². The van der Waals surface area contributed by atoms with Crippen molar-refractivity contribution in [2.75, 3.05) is 5.32 Å². The molecule has 0 atom stereocenters. The van der Waals surface area contributed by atoms with Gasteiger partial charge in [0.2, 0.25) is 0 Å². The van der Waals surface area contributed by atoms with Crippen molar-refractivity contribution in [3.63, 3.8) is 0 Å². The lowest BCUT2D eigenvalue weighted by Crippen LogP contribution is -2.04. The number of carbonyl (C=O) groups excluding carboxylic acids is 1. The van der Waals surface area contributed by atoms with E-state index < -0.39 is 0 Å². The molecule has 108 valence electrons. The number of hydrogen-bond acceptors (Lipinski definition) is 4. The summed E-state index contributed by atoms with van der Waals surface area (Å²) >= 11 is 0. The molecule has 0 spiro atoms. The second-order valence-corrected chi connectivity index (χ2v) is 5.03. The highest BCUT2D eigenvalue weighted by atomic mass is 16.3. The molecule has 1 heterocycles. The Bertz CT molecular complexity index is 854. The van der Waals surface area contributed by atoms with Gasteiger partial charge >= 0.3 is 0 Å². The van der Waals surface area contributed by atoms with E-state index in [1.165, 1.54) is 6.92 Å². The Morgan fingerprint density at radius 3 is 2.77 bits per heavy atom. The van der Waals surface area contributed by atoms with E-state index in [0.717, 1.165) is 16.7 Å². The number of nitriles is 1. The molecule has 2 aromatic carbocycles. The number of anilines is 1. The molecule has 0 saturated heterocycles. The molecule has 0 radical (unpaired) electrons. The minimum atomic E-state index is -0.0448. The van der Waals surface area contributed by atoms with Crippen LogP contribution in [0.15, 0.2) is 52.9 Å². The molecule has 4 nitrogen and oxygen atoms in total. The molecule has 0 aliphatic carbocycles. The first-order chi connectivity index (χ1) is 10.7. The molecule has 4 heteroatoms. The summed E-state index contributed by atoms with van der Waals surface area (Å²) in [6, 6.07) is 16.8. The number of hydrogen-bond donors (Lipinski definition) is 1. The number of rotatable bonds is 4. The molecule has 0 saturated carbocycles. The van der Waals surface area contributed by atoms with E-state index in [1.807, 2.05) is 30.3 Å². The van der Waals surface area contributed by atoms with Gasteiger partial charge in [0.15, 0.2) is 5.78 Å². The monoisotopic (exact) mass is 290 g/mol. The van der Waals surface area contributed by atoms with E-state index >= 15 is 0 Å². The van der Waals surface area contributed by atoms with Crippen molar-refractivity contribution < 1.29 is 9.21 Å². The topological polar surface area (TPSA) is 66.0 Å². The molecule has 1 aromatic heterocycles. The van der Waals surface area contributed by atoms with Crippen LogP contribution in [0.1, 0.15) is 28.6 Å². The SMILES string of the molecule is CC(=O)c1ccc(C#N)cc1NCc1cc2ccccc2o1. The minimum Gasteiger partial charge on any atom is -0.459 e. The third kappa shape index (κ3) is 2.70. The zero-order chi connectivity index (χ0) is 15.5. The van der Waals surface area contributed by atoms with Gasteiger partial charge in [-0.3, -0.25) is 4.79 Å². The van der Waals surface area contributed by atoms with Crippen LogP contribution in [0.5, 0.6) is 0 Å². The zero-order valence-electron chi connectivity index (χ0n) is 12.1. The molecule has 0 aliphatic heterocycles. The molecule has 22 heavy (non-hydrogen) atoms. The highest BCUT2D eigenvalue weighted by molar-refractivity contribution is 5.99. The summed E-state index contributed by atoms with van der Waals surface area (Å²) in [7, 11) is 0. The van der Waals surface area contributed by atoms with Crippen LogP contribution in [0.2, 0.25) is 0 Å². The highest BCUT2D eigenvalue weighted by Crippen LogP contribution is 2.22. The number of ketones is 1. The lowest BCUT2D eigenvalue weighted by Gasteiger charge is -2.09. The molecule has 0 fully saturated rings. The maximum Gasteiger partial charge on any atom is 0.161 e. The van der Waals surface area contributed by atoms with Gasteiger partial charge in [-0.2, -0.15) is 5.26 Å². The van der Waals surface area contributed by atoms with Crippen LogP contribution >= 0.6 is 0 Å². The number of nitrogens with one attached hydrogen (secondary N) is 1. The first-order valence-corrected chi connectivity index (χ1v) is 6.94. The Morgan fingerprint density at radius 2 is 2.05 bits per heavy atom. The third-order valence-electron chi connectivity index (χ3n) is 3.46. The van der Waals surface area contributed by atoms with Crippen LogP contribution < -0.4 is 5.32 Å². The van der Waals surface area contributed by atoms with E-state index in [2.05, 4.69) is 11.4 Å². The Balaban J connectivity index is 1.86. The van der Waals surface area contributed by atoms with E-state index in [1.54, 1.807) is 18.2 Å². The molecule has 0 bridgehead atoms. The quantitative estimate of drug-likeness (QED) is 0.734. The lowest BCUT2D eigenvalue weighted by molar-refractivity contribution is 0.101. The second-order valence-electron chi connectivity index (χ2n) is 5.03. The average Bonchev–Trinajstić information content (AvgIpc) is 2.95. The summed E-state index contributed by atoms with van der Waals surface area (Å²) in [5.74, 6) is 0.731. The maximum atomic E-state index is 11.7. The Labute approximate surface area is 128 Å². The number of benzene rings is 2. The van der Waals surface area contributed by atoms with E-state index in [9.17, 15) is 4.79 Å². The van der Waals surface area contributed by atoms with Crippen LogP contribution in [0, 0.1) is 11.3 Å². The number of carbonyl (C=O) groups is 1. The van der Waals surface area contributed by atoms with Crippen molar-refractivity contribution in [1.29, 1.82) is 5.26 Å². The first-order valence-electron chi connectivity index (χ1n) is 6.94. The standard InChI is InChI=1S/C18H14N2O2/c1-12(21)16-7-6-13(10-19)8-17(16)20-11-15-9-14-4-2-3-5-18(14)22-15/h2-9,20H,11H2,1H3. The third-order valence-corrected chi connectivity index (χ3v) is 3.46. The lowest BCUT2D eigenvalue weighted by atomic mass is 10.1.